The van der Waals surface area contributed by atoms with Gasteiger partial charge in [-0.1, -0.05) is 55.0 Å². The van der Waals surface area contributed by atoms with Crippen LogP contribution in [0.25, 0.3) is 0 Å². The lowest BCUT2D eigenvalue weighted by molar-refractivity contribution is 0.376. The van der Waals surface area contributed by atoms with E-state index < -0.39 is 11.6 Å². The topological polar surface area (TPSA) is 0 Å². The molecular formula is C26H27ClF2. The van der Waals surface area contributed by atoms with Crippen molar-refractivity contribution in [3.8, 4) is 11.8 Å². The number of unbranched alkanes of at least 4 members (excludes halogenated alkanes) is 1. The van der Waals surface area contributed by atoms with Gasteiger partial charge in [-0.3, -0.25) is 0 Å². The van der Waals surface area contributed by atoms with Gasteiger partial charge in [-0.15, -0.1) is 0 Å². The Morgan fingerprint density at radius 2 is 1.66 bits per heavy atom. The predicted octanol–water partition coefficient (Wildman–Crippen LogP) is 7.73. The van der Waals surface area contributed by atoms with E-state index in [1.54, 1.807) is 5.54 Å². The van der Waals surface area contributed by atoms with Crippen LogP contribution in [-0.4, -0.2) is 0 Å². The number of allylic oxidation sites excluding steroid dienone is 1. The third-order valence-electron chi connectivity index (χ3n) is 5.75. The number of hydrogen-bond donors (Lipinski definition) is 0. The summed E-state index contributed by atoms with van der Waals surface area (Å²) in [5, 5.41) is 0. The first-order chi connectivity index (χ1) is 14.1. The summed E-state index contributed by atoms with van der Waals surface area (Å²) in [6, 6.07) is 10.9. The van der Waals surface area contributed by atoms with E-state index in [0.717, 1.165) is 44.1 Å². The quantitative estimate of drug-likeness (QED) is 0.440. The molecule has 2 aromatic carbocycles. The van der Waals surface area contributed by atoms with Crippen LogP contribution in [0.4, 0.5) is 8.78 Å². The van der Waals surface area contributed by atoms with Crippen molar-refractivity contribution in [2.75, 3.05) is 0 Å². The monoisotopic (exact) mass is 412 g/mol. The molecule has 0 aromatic heterocycles. The Balaban J connectivity index is 1.67. The van der Waals surface area contributed by atoms with E-state index >= 15 is 0 Å². The summed E-state index contributed by atoms with van der Waals surface area (Å²) in [5.41, 5.74) is 4.24. The number of rotatable bonds is 5. The van der Waals surface area contributed by atoms with Gasteiger partial charge in [-0.25, -0.2) is 8.78 Å². The van der Waals surface area contributed by atoms with Crippen molar-refractivity contribution in [2.24, 2.45) is 5.92 Å². The van der Waals surface area contributed by atoms with Crippen LogP contribution in [0, 0.1) is 29.4 Å². The smallest absolute Gasteiger partial charge is 0.142 e. The maximum atomic E-state index is 14.3. The van der Waals surface area contributed by atoms with E-state index in [-0.39, 0.29) is 5.56 Å². The molecule has 0 amide bonds. The SMILES string of the molecule is CCCCc1cc(F)c(C#Cc2ccc(C3CCC(/C=C/Cl)CC3)cc2)c(F)c1. The highest BCUT2D eigenvalue weighted by Gasteiger charge is 2.20. The van der Waals surface area contributed by atoms with Crippen molar-refractivity contribution in [1.29, 1.82) is 0 Å². The van der Waals surface area contributed by atoms with Gasteiger partial charge in [0.05, 0.1) is 5.56 Å². The molecule has 0 atom stereocenters. The van der Waals surface area contributed by atoms with Crippen molar-refractivity contribution < 1.29 is 8.78 Å². The normalized spacial score (nSPS) is 19.2. The van der Waals surface area contributed by atoms with E-state index in [9.17, 15) is 8.78 Å². The van der Waals surface area contributed by atoms with Crippen molar-refractivity contribution in [2.45, 2.75) is 57.8 Å². The van der Waals surface area contributed by atoms with Gasteiger partial charge in [-0.05, 0) is 85.8 Å². The first-order valence-electron chi connectivity index (χ1n) is 10.5. The van der Waals surface area contributed by atoms with Crippen LogP contribution < -0.4 is 0 Å². The Bertz CT molecular complexity index is 872. The maximum Gasteiger partial charge on any atom is 0.142 e. The van der Waals surface area contributed by atoms with Crippen LogP contribution >= 0.6 is 11.6 Å². The second-order valence-electron chi connectivity index (χ2n) is 7.84. The largest absolute Gasteiger partial charge is 0.206 e. The molecule has 0 heterocycles. The summed E-state index contributed by atoms with van der Waals surface area (Å²) >= 11 is 5.69. The van der Waals surface area contributed by atoms with Crippen molar-refractivity contribution in [1.82, 2.24) is 0 Å². The Kier molecular flexibility index (Phi) is 7.90. The van der Waals surface area contributed by atoms with Crippen LogP contribution in [-0.2, 0) is 6.42 Å². The molecule has 0 radical (unpaired) electrons. The average Bonchev–Trinajstić information content (AvgIpc) is 2.73. The molecule has 3 rings (SSSR count). The van der Waals surface area contributed by atoms with Crippen LogP contribution in [0.2, 0.25) is 0 Å². The third kappa shape index (κ3) is 5.94. The fraction of sp³-hybridized carbons (Fsp3) is 0.385. The van der Waals surface area contributed by atoms with Gasteiger partial charge in [-0.2, -0.15) is 0 Å². The zero-order valence-electron chi connectivity index (χ0n) is 16.9. The Hall–Kier alpha value is -2.11. The van der Waals surface area contributed by atoms with Gasteiger partial charge in [0.15, 0.2) is 0 Å². The summed E-state index contributed by atoms with van der Waals surface area (Å²) in [5.74, 6) is 5.57. The van der Waals surface area contributed by atoms with E-state index in [0.29, 0.717) is 23.8 Å². The lowest BCUT2D eigenvalue weighted by Gasteiger charge is -2.27. The van der Waals surface area contributed by atoms with Crippen LogP contribution in [0.1, 0.15) is 73.6 Å². The minimum Gasteiger partial charge on any atom is -0.206 e. The predicted molar refractivity (Wildman–Crippen MR) is 117 cm³/mol. The highest BCUT2D eigenvalue weighted by molar-refractivity contribution is 6.25. The average molecular weight is 413 g/mol. The molecule has 0 spiro atoms. The Morgan fingerprint density at radius 3 is 2.24 bits per heavy atom. The second-order valence-corrected chi connectivity index (χ2v) is 8.09. The van der Waals surface area contributed by atoms with Crippen molar-refractivity contribution >= 4 is 11.6 Å². The lowest BCUT2D eigenvalue weighted by Crippen LogP contribution is -2.11. The number of aryl methyl sites for hydroxylation is 1. The van der Waals surface area contributed by atoms with Gasteiger partial charge in [0, 0.05) is 11.1 Å². The Labute approximate surface area is 178 Å². The third-order valence-corrected chi connectivity index (χ3v) is 5.90. The fourth-order valence-electron chi connectivity index (χ4n) is 3.99. The zero-order chi connectivity index (χ0) is 20.6. The second kappa shape index (κ2) is 10.6. The molecule has 0 bridgehead atoms. The lowest BCUT2D eigenvalue weighted by atomic mass is 9.79. The van der Waals surface area contributed by atoms with Gasteiger partial charge in [0.2, 0.25) is 0 Å². The van der Waals surface area contributed by atoms with Crippen molar-refractivity contribution in [3.63, 3.8) is 0 Å². The summed E-state index contributed by atoms with van der Waals surface area (Å²) in [7, 11) is 0. The summed E-state index contributed by atoms with van der Waals surface area (Å²) < 4.78 is 28.6. The first-order valence-corrected chi connectivity index (χ1v) is 10.9. The van der Waals surface area contributed by atoms with Gasteiger partial charge >= 0.3 is 0 Å². The molecule has 0 aliphatic heterocycles. The standard InChI is InChI=1S/C26H27ClF2/c1-2-3-4-21-17-25(28)24(26(29)18-21)14-9-19-5-10-22(11-6-19)23-12-7-20(8-13-23)15-16-27/h5-6,10-11,15-18,20,23H,2-4,7-8,12-13H2,1H3/b16-15+. The maximum absolute atomic E-state index is 14.3. The van der Waals surface area contributed by atoms with Crippen LogP contribution in [0.3, 0.4) is 0 Å². The highest BCUT2D eigenvalue weighted by atomic mass is 35.5. The first kappa shape index (κ1) is 21.6. The Morgan fingerprint density at radius 1 is 1.00 bits per heavy atom. The molecule has 0 N–H and O–H groups in total. The number of benzene rings is 2. The van der Waals surface area contributed by atoms with Crippen LogP contribution in [0.5, 0.6) is 0 Å². The van der Waals surface area contributed by atoms with Gasteiger partial charge in [0.1, 0.15) is 11.6 Å². The molecule has 3 heteroatoms. The zero-order valence-corrected chi connectivity index (χ0v) is 17.6. The van der Waals surface area contributed by atoms with Gasteiger partial charge < -0.3 is 0 Å². The van der Waals surface area contributed by atoms with E-state index in [1.807, 2.05) is 12.1 Å². The molecule has 1 aliphatic carbocycles. The molecule has 152 valence electrons. The molecule has 29 heavy (non-hydrogen) atoms. The van der Waals surface area contributed by atoms with E-state index in [2.05, 4.69) is 37.0 Å². The summed E-state index contributed by atoms with van der Waals surface area (Å²) in [6.07, 6.45) is 9.29. The summed E-state index contributed by atoms with van der Waals surface area (Å²) in [4.78, 5) is 0. The highest BCUT2D eigenvalue weighted by Crippen LogP contribution is 2.36. The summed E-state index contributed by atoms with van der Waals surface area (Å²) in [6.45, 7) is 2.06. The molecule has 1 aliphatic rings. The van der Waals surface area contributed by atoms with Crippen LogP contribution in [0.15, 0.2) is 48.0 Å². The van der Waals surface area contributed by atoms with Crippen molar-refractivity contribution in [3.05, 3.63) is 81.9 Å². The number of hydrogen-bond acceptors (Lipinski definition) is 0. The number of halogens is 3. The molecule has 1 saturated carbocycles. The molecular weight excluding hydrogens is 386 g/mol. The fourth-order valence-corrected chi connectivity index (χ4v) is 4.20. The van der Waals surface area contributed by atoms with Gasteiger partial charge in [0.25, 0.3) is 0 Å². The molecule has 2 aromatic rings. The molecule has 1 fully saturated rings. The minimum atomic E-state index is -0.581. The molecule has 0 unspecified atom stereocenters. The van der Waals surface area contributed by atoms with E-state index in [1.165, 1.54) is 17.7 Å². The minimum absolute atomic E-state index is 0.153. The molecule has 0 nitrogen and oxygen atoms in total. The molecule has 0 saturated heterocycles. The van der Waals surface area contributed by atoms with E-state index in [4.69, 9.17) is 11.6 Å².